The third kappa shape index (κ3) is 6.37. The fraction of sp³-hybridized carbons (Fsp3) is 0.529. The molecule has 2 fully saturated rings. The van der Waals surface area contributed by atoms with Crippen molar-refractivity contribution >= 4 is 22.6 Å². The number of benzene rings is 1. The molecule has 0 saturated carbocycles. The van der Waals surface area contributed by atoms with Gasteiger partial charge in [0.05, 0.1) is 6.04 Å². The summed E-state index contributed by atoms with van der Waals surface area (Å²) in [6.07, 6.45) is 10.8. The maximum Gasteiger partial charge on any atom is 0.261 e. The Hall–Kier alpha value is -3.59. The van der Waals surface area contributed by atoms with Gasteiger partial charge in [0.1, 0.15) is 29.6 Å². The van der Waals surface area contributed by atoms with Gasteiger partial charge >= 0.3 is 0 Å². The van der Waals surface area contributed by atoms with Gasteiger partial charge in [0.15, 0.2) is 0 Å². The lowest BCUT2D eigenvalue weighted by molar-refractivity contribution is -0.130. The number of ether oxygens (including phenoxy) is 1. The van der Waals surface area contributed by atoms with E-state index in [0.717, 1.165) is 82.7 Å². The summed E-state index contributed by atoms with van der Waals surface area (Å²) in [5.41, 5.74) is 4.06. The van der Waals surface area contributed by atoms with Crippen molar-refractivity contribution in [1.82, 2.24) is 25.0 Å². The second-order valence-electron chi connectivity index (χ2n) is 12.3. The van der Waals surface area contributed by atoms with Crippen LogP contribution in [0, 0.1) is 18.7 Å². The van der Waals surface area contributed by atoms with Crippen molar-refractivity contribution in [2.45, 2.75) is 65.5 Å². The zero-order valence-corrected chi connectivity index (χ0v) is 25.8. The number of H-pyrrole nitrogens is 1. The zero-order valence-electron chi connectivity index (χ0n) is 25.8. The Morgan fingerprint density at radius 2 is 1.95 bits per heavy atom. The van der Waals surface area contributed by atoms with E-state index >= 15 is 4.39 Å². The Morgan fingerprint density at radius 3 is 2.65 bits per heavy atom. The van der Waals surface area contributed by atoms with Gasteiger partial charge in [0, 0.05) is 73.0 Å². The fourth-order valence-electron chi connectivity index (χ4n) is 6.52. The number of aliphatic imine (C=N–C) groups is 1. The molecular weight excluding hydrogens is 543 g/mol. The van der Waals surface area contributed by atoms with E-state index in [1.54, 1.807) is 6.07 Å². The molecule has 0 spiro atoms. The molecule has 43 heavy (non-hydrogen) atoms. The highest BCUT2D eigenvalue weighted by molar-refractivity contribution is 6.21. The van der Waals surface area contributed by atoms with E-state index < -0.39 is 0 Å². The van der Waals surface area contributed by atoms with Crippen LogP contribution in [-0.4, -0.2) is 83.3 Å². The predicted octanol–water partition coefficient (Wildman–Crippen LogP) is 5.23. The lowest BCUT2D eigenvalue weighted by Gasteiger charge is -2.38. The van der Waals surface area contributed by atoms with E-state index in [1.807, 2.05) is 30.2 Å². The van der Waals surface area contributed by atoms with Gasteiger partial charge in [-0.2, -0.15) is 0 Å². The van der Waals surface area contributed by atoms with E-state index in [-0.39, 0.29) is 30.3 Å². The van der Waals surface area contributed by atoms with Crippen molar-refractivity contribution < 1.29 is 13.9 Å². The molecule has 0 radical (unpaired) electrons. The van der Waals surface area contributed by atoms with E-state index in [0.29, 0.717) is 34.5 Å². The number of nitrogens with one attached hydrogen (secondary N) is 2. The largest absolute Gasteiger partial charge is 0.492 e. The van der Waals surface area contributed by atoms with Crippen molar-refractivity contribution in [1.29, 1.82) is 0 Å². The van der Waals surface area contributed by atoms with Crippen molar-refractivity contribution in [3.63, 3.8) is 0 Å². The first-order chi connectivity index (χ1) is 20.9. The monoisotopic (exact) mass is 588 g/mol. The van der Waals surface area contributed by atoms with Crippen LogP contribution in [0.3, 0.4) is 0 Å². The molecule has 4 heterocycles. The van der Waals surface area contributed by atoms with Crippen LogP contribution in [0.25, 0.3) is 10.9 Å². The van der Waals surface area contributed by atoms with Crippen LogP contribution >= 0.6 is 0 Å². The van der Waals surface area contributed by atoms with Crippen LogP contribution < -0.4 is 5.32 Å². The molecule has 1 amide bonds. The topological polar surface area (TPSA) is 76.2 Å². The number of fused-ring (bicyclic) bond motifs is 1. The fourth-order valence-corrected chi connectivity index (χ4v) is 6.52. The molecule has 8 nitrogen and oxygen atoms in total. The van der Waals surface area contributed by atoms with Gasteiger partial charge in [-0.25, -0.2) is 4.39 Å². The second kappa shape index (κ2) is 13.0. The SMILES string of the molecule is CCN1CCN(C2=CCC(N=C3NC=CCC(C)C(OCc4ccc5[nH]c(C)cc5c4F)=C3C(=O)N3CCC3)CC2)CC1. The number of aryl methyl sites for hydroxylation is 1. The van der Waals surface area contributed by atoms with Gasteiger partial charge in [-0.05, 0) is 63.9 Å². The minimum absolute atomic E-state index is 0.0419. The number of aromatic nitrogens is 1. The standard InChI is InChI=1S/C34H45FN6O2/c1-4-39-17-19-40(20-18-39)27-11-9-26(10-12-27)38-33-30(34(42)41-15-6-16-41)32(23(2)7-5-14-36-33)43-22-25-8-13-29-28(31(25)35)21-24(3)37-29/h5,8,11,13-14,21,23,26,37H,4,6-7,9-10,12,15-20,22H2,1-3H3,(H,36,38). The molecule has 6 rings (SSSR count). The molecule has 1 aliphatic carbocycles. The lowest BCUT2D eigenvalue weighted by Crippen LogP contribution is -2.46. The molecule has 2 N–H and O–H groups in total. The quantitative estimate of drug-likeness (QED) is 0.463. The zero-order chi connectivity index (χ0) is 29.9. The number of hydrogen-bond acceptors (Lipinski definition) is 5. The summed E-state index contributed by atoms with van der Waals surface area (Å²) in [5, 5.41) is 3.90. The summed E-state index contributed by atoms with van der Waals surface area (Å²) in [4.78, 5) is 29.2. The number of amides is 1. The minimum atomic E-state index is -0.288. The molecule has 1 aromatic carbocycles. The average molecular weight is 589 g/mol. The first-order valence-electron chi connectivity index (χ1n) is 16.0. The van der Waals surface area contributed by atoms with Crippen molar-refractivity contribution in [2.75, 3.05) is 45.8 Å². The molecule has 1 aromatic heterocycles. The number of amidine groups is 1. The number of aromatic amines is 1. The number of carbonyl (C=O) groups is 1. The summed E-state index contributed by atoms with van der Waals surface area (Å²) in [5.74, 6) is 0.727. The van der Waals surface area contributed by atoms with Gasteiger partial charge in [-0.15, -0.1) is 0 Å². The van der Waals surface area contributed by atoms with Gasteiger partial charge in [-0.3, -0.25) is 9.79 Å². The van der Waals surface area contributed by atoms with Crippen LogP contribution in [-0.2, 0) is 16.1 Å². The number of allylic oxidation sites excluding steroid dienone is 3. The third-order valence-electron chi connectivity index (χ3n) is 9.35. The smallest absolute Gasteiger partial charge is 0.261 e. The highest BCUT2D eigenvalue weighted by Gasteiger charge is 2.33. The molecular formula is C34H45FN6O2. The lowest BCUT2D eigenvalue weighted by atomic mass is 9.95. The van der Waals surface area contributed by atoms with Crippen molar-refractivity contribution in [2.24, 2.45) is 10.9 Å². The predicted molar refractivity (Wildman–Crippen MR) is 169 cm³/mol. The maximum atomic E-state index is 15.5. The maximum absolute atomic E-state index is 15.5. The van der Waals surface area contributed by atoms with Gasteiger partial charge in [-0.1, -0.05) is 32.1 Å². The number of likely N-dealkylation sites (N-methyl/N-ethyl adjacent to an activating group) is 1. The molecule has 0 bridgehead atoms. The molecule has 3 aliphatic heterocycles. The summed E-state index contributed by atoms with van der Waals surface area (Å²) in [6.45, 7) is 13.2. The van der Waals surface area contributed by atoms with Crippen LogP contribution in [0.1, 0.15) is 57.2 Å². The van der Waals surface area contributed by atoms with E-state index in [4.69, 9.17) is 9.73 Å². The number of carbonyl (C=O) groups excluding carboxylic acids is 1. The number of rotatable bonds is 7. The average Bonchev–Trinajstić information content (AvgIpc) is 3.37. The summed E-state index contributed by atoms with van der Waals surface area (Å²) in [6, 6.07) is 5.54. The highest BCUT2D eigenvalue weighted by atomic mass is 19.1. The number of likely N-dealkylation sites (tertiary alicyclic amines) is 1. The molecule has 4 aliphatic rings. The number of halogens is 1. The van der Waals surface area contributed by atoms with Gasteiger partial charge in [0.2, 0.25) is 0 Å². The Bertz CT molecular complexity index is 1460. The summed E-state index contributed by atoms with van der Waals surface area (Å²) >= 11 is 0. The summed E-state index contributed by atoms with van der Waals surface area (Å²) in [7, 11) is 0. The van der Waals surface area contributed by atoms with Crippen LogP contribution in [0.4, 0.5) is 4.39 Å². The highest BCUT2D eigenvalue weighted by Crippen LogP contribution is 2.30. The molecule has 2 saturated heterocycles. The van der Waals surface area contributed by atoms with Crippen LogP contribution in [0.2, 0.25) is 0 Å². The molecule has 230 valence electrons. The van der Waals surface area contributed by atoms with Crippen LogP contribution in [0.5, 0.6) is 0 Å². The van der Waals surface area contributed by atoms with Crippen LogP contribution in [0.15, 0.2) is 58.6 Å². The molecule has 2 aromatic rings. The van der Waals surface area contributed by atoms with Crippen molar-refractivity contribution in [3.05, 3.63) is 70.7 Å². The first-order valence-corrected chi connectivity index (χ1v) is 16.0. The Balaban J connectivity index is 1.27. The van der Waals surface area contributed by atoms with E-state index in [2.05, 4.69) is 46.1 Å². The first kappa shape index (κ1) is 29.5. The Kier molecular flexibility index (Phi) is 8.88. The third-order valence-corrected chi connectivity index (χ3v) is 9.35. The molecule has 9 heteroatoms. The minimum Gasteiger partial charge on any atom is -0.492 e. The molecule has 2 unspecified atom stereocenters. The van der Waals surface area contributed by atoms with E-state index in [9.17, 15) is 4.79 Å². The number of hydrogen-bond donors (Lipinski definition) is 2. The van der Waals surface area contributed by atoms with Crippen molar-refractivity contribution in [3.8, 4) is 0 Å². The Labute approximate surface area is 254 Å². The van der Waals surface area contributed by atoms with E-state index in [1.165, 1.54) is 5.70 Å². The van der Waals surface area contributed by atoms with Gasteiger partial charge in [0.25, 0.3) is 5.91 Å². The van der Waals surface area contributed by atoms with Gasteiger partial charge < -0.3 is 29.7 Å². The summed E-state index contributed by atoms with van der Waals surface area (Å²) < 4.78 is 21.9. The second-order valence-corrected chi connectivity index (χ2v) is 12.3. The number of piperazine rings is 1. The normalized spacial score (nSPS) is 24.5. The number of nitrogens with zero attached hydrogens (tertiary/aromatic N) is 4. The molecule has 2 atom stereocenters. The Morgan fingerprint density at radius 1 is 1.14 bits per heavy atom.